The molecule has 1 unspecified atom stereocenters. The van der Waals surface area contributed by atoms with Gasteiger partial charge < -0.3 is 18.6 Å². The molecule has 4 aromatic rings. The minimum atomic E-state index is -0.839. The van der Waals surface area contributed by atoms with Gasteiger partial charge in [-0.1, -0.05) is 37.4 Å². The lowest BCUT2D eigenvalue weighted by atomic mass is 9.97. The molecule has 3 aromatic carbocycles. The summed E-state index contributed by atoms with van der Waals surface area (Å²) in [5.74, 6) is 0.104. The summed E-state index contributed by atoms with van der Waals surface area (Å²) in [6.07, 6.45) is 3.05. The number of hydrogen-bond donors (Lipinski definition) is 0. The van der Waals surface area contributed by atoms with Crippen LogP contribution in [0, 0.1) is 0 Å². The summed E-state index contributed by atoms with van der Waals surface area (Å²) in [5.41, 5.74) is 1.57. The summed E-state index contributed by atoms with van der Waals surface area (Å²) in [6, 6.07) is 15.8. The molecule has 9 heteroatoms. The second kappa shape index (κ2) is 12.7. The van der Waals surface area contributed by atoms with Crippen molar-refractivity contribution in [3.63, 3.8) is 0 Å². The molecule has 2 heterocycles. The Labute approximate surface area is 248 Å². The zero-order chi connectivity index (χ0) is 29.8. The van der Waals surface area contributed by atoms with Gasteiger partial charge in [-0.25, -0.2) is 4.79 Å². The van der Waals surface area contributed by atoms with E-state index in [0.717, 1.165) is 19.3 Å². The molecule has 0 saturated carbocycles. The average molecular weight is 590 g/mol. The largest absolute Gasteiger partial charge is 0.490 e. The molecule has 1 atom stereocenters. The van der Waals surface area contributed by atoms with Gasteiger partial charge in [0.2, 0.25) is 5.76 Å². The molecule has 0 spiro atoms. The van der Waals surface area contributed by atoms with Crippen molar-refractivity contribution in [2.24, 2.45) is 0 Å². The van der Waals surface area contributed by atoms with Gasteiger partial charge in [0.1, 0.15) is 5.58 Å². The Morgan fingerprint density at radius 2 is 1.69 bits per heavy atom. The lowest BCUT2D eigenvalue weighted by molar-refractivity contribution is 0.0526. The molecule has 1 aliphatic heterocycles. The van der Waals surface area contributed by atoms with Gasteiger partial charge in [0, 0.05) is 10.7 Å². The van der Waals surface area contributed by atoms with Crippen molar-refractivity contribution in [1.29, 1.82) is 0 Å². The molecule has 5 rings (SSSR count). The van der Waals surface area contributed by atoms with Crippen molar-refractivity contribution in [1.82, 2.24) is 0 Å². The van der Waals surface area contributed by atoms with Crippen molar-refractivity contribution in [2.45, 2.75) is 46.1 Å². The number of nitrogens with zero attached hydrogens (tertiary/aromatic N) is 1. The van der Waals surface area contributed by atoms with Gasteiger partial charge in [0.15, 0.2) is 16.9 Å². The van der Waals surface area contributed by atoms with Crippen LogP contribution in [0.1, 0.15) is 78.1 Å². The third kappa shape index (κ3) is 5.59. The fraction of sp³-hybridized carbons (Fsp3) is 0.303. The van der Waals surface area contributed by atoms with Crippen LogP contribution in [0.25, 0.3) is 11.0 Å². The normalized spacial score (nSPS) is 14.2. The predicted octanol–water partition coefficient (Wildman–Crippen LogP) is 7.34. The van der Waals surface area contributed by atoms with Gasteiger partial charge in [0.25, 0.3) is 5.91 Å². The molecule has 1 amide bonds. The molecule has 218 valence electrons. The van der Waals surface area contributed by atoms with Crippen LogP contribution in [0.5, 0.6) is 11.5 Å². The van der Waals surface area contributed by atoms with Crippen LogP contribution in [0.15, 0.2) is 69.9 Å². The summed E-state index contributed by atoms with van der Waals surface area (Å²) in [7, 11) is 0. The molecule has 0 saturated heterocycles. The highest BCUT2D eigenvalue weighted by atomic mass is 35.5. The number of hydrogen-bond acceptors (Lipinski definition) is 7. The smallest absolute Gasteiger partial charge is 0.338 e. The maximum atomic E-state index is 14.0. The molecule has 0 aliphatic carbocycles. The standard InChI is InChI=1S/C33H32ClNO7/c1-4-7-8-17-41-26-15-11-21(18-27(26)39-5-2)29-28-30(36)24-19-22(34)12-16-25(24)42-31(28)32(37)35(29)23-13-9-20(10-14-23)33(38)40-6-3/h9-16,18-19,29H,4-8,17H2,1-3H3. The molecule has 0 fully saturated rings. The van der Waals surface area contributed by atoms with Crippen molar-refractivity contribution in [2.75, 3.05) is 24.7 Å². The first-order valence-corrected chi connectivity index (χ1v) is 14.5. The van der Waals surface area contributed by atoms with E-state index in [2.05, 4.69) is 6.92 Å². The summed E-state index contributed by atoms with van der Waals surface area (Å²) < 4.78 is 23.1. The molecule has 8 nitrogen and oxygen atoms in total. The van der Waals surface area contributed by atoms with Crippen LogP contribution in [0.4, 0.5) is 5.69 Å². The van der Waals surface area contributed by atoms with Crippen LogP contribution >= 0.6 is 11.6 Å². The number of esters is 1. The van der Waals surface area contributed by atoms with E-state index in [1.165, 1.54) is 4.90 Å². The molecule has 1 aliphatic rings. The molecule has 0 bridgehead atoms. The number of carbonyl (C=O) groups is 2. The van der Waals surface area contributed by atoms with Crippen molar-refractivity contribution < 1.29 is 28.2 Å². The Morgan fingerprint density at radius 3 is 2.40 bits per heavy atom. The van der Waals surface area contributed by atoms with Gasteiger partial charge in [-0.15, -0.1) is 0 Å². The zero-order valence-corrected chi connectivity index (χ0v) is 24.5. The fourth-order valence-corrected chi connectivity index (χ4v) is 5.29. The molecule has 1 aromatic heterocycles. The SMILES string of the molecule is CCCCCOc1ccc(C2c3c(oc4ccc(Cl)cc4c3=O)C(=O)N2c2ccc(C(=O)OCC)cc2)cc1OCC. The first kappa shape index (κ1) is 29.2. The van der Waals surface area contributed by atoms with E-state index in [0.29, 0.717) is 46.5 Å². The van der Waals surface area contributed by atoms with E-state index in [1.807, 2.05) is 13.0 Å². The monoisotopic (exact) mass is 589 g/mol. The van der Waals surface area contributed by atoms with E-state index in [4.69, 9.17) is 30.2 Å². The van der Waals surface area contributed by atoms with Gasteiger partial charge in [-0.3, -0.25) is 14.5 Å². The Morgan fingerprint density at radius 1 is 0.905 bits per heavy atom. The van der Waals surface area contributed by atoms with Crippen LogP contribution < -0.4 is 19.8 Å². The number of benzene rings is 3. The number of fused-ring (bicyclic) bond motifs is 2. The zero-order valence-electron chi connectivity index (χ0n) is 23.8. The second-order valence-corrected chi connectivity index (χ2v) is 10.3. The number of anilines is 1. The molecule has 0 N–H and O–H groups in total. The van der Waals surface area contributed by atoms with Gasteiger partial charge in [0.05, 0.1) is 42.4 Å². The Hall–Kier alpha value is -4.30. The topological polar surface area (TPSA) is 95.3 Å². The minimum absolute atomic E-state index is 0.0489. The summed E-state index contributed by atoms with van der Waals surface area (Å²) >= 11 is 6.22. The Kier molecular flexibility index (Phi) is 8.83. The summed E-state index contributed by atoms with van der Waals surface area (Å²) in [6.45, 7) is 6.94. The number of ether oxygens (including phenoxy) is 3. The van der Waals surface area contributed by atoms with Crippen molar-refractivity contribution in [3.05, 3.63) is 98.4 Å². The Balaban J connectivity index is 1.65. The van der Waals surface area contributed by atoms with E-state index >= 15 is 0 Å². The molecular weight excluding hydrogens is 558 g/mol. The summed E-state index contributed by atoms with van der Waals surface area (Å²) in [4.78, 5) is 41.7. The van der Waals surface area contributed by atoms with E-state index in [9.17, 15) is 14.4 Å². The van der Waals surface area contributed by atoms with Crippen LogP contribution in [-0.2, 0) is 4.74 Å². The predicted molar refractivity (Wildman–Crippen MR) is 161 cm³/mol. The van der Waals surface area contributed by atoms with Crippen molar-refractivity contribution in [3.8, 4) is 11.5 Å². The van der Waals surface area contributed by atoms with Crippen LogP contribution in [0.3, 0.4) is 0 Å². The number of carbonyl (C=O) groups excluding carboxylic acids is 2. The first-order valence-electron chi connectivity index (χ1n) is 14.1. The number of rotatable bonds is 11. The average Bonchev–Trinajstić information content (AvgIpc) is 3.28. The second-order valence-electron chi connectivity index (χ2n) is 9.85. The molecular formula is C33H32ClNO7. The number of amides is 1. The third-order valence-corrected chi connectivity index (χ3v) is 7.31. The highest BCUT2D eigenvalue weighted by Crippen LogP contribution is 2.43. The highest BCUT2D eigenvalue weighted by Gasteiger charge is 2.44. The fourth-order valence-electron chi connectivity index (χ4n) is 5.12. The third-order valence-electron chi connectivity index (χ3n) is 7.08. The number of unbranched alkanes of at least 4 members (excludes halogenated alkanes) is 2. The number of halogens is 1. The first-order chi connectivity index (χ1) is 20.4. The molecule has 42 heavy (non-hydrogen) atoms. The van der Waals surface area contributed by atoms with Crippen LogP contribution in [-0.4, -0.2) is 31.7 Å². The quantitative estimate of drug-likeness (QED) is 0.133. The highest BCUT2D eigenvalue weighted by molar-refractivity contribution is 6.31. The van der Waals surface area contributed by atoms with Crippen molar-refractivity contribution >= 4 is 40.1 Å². The summed E-state index contributed by atoms with van der Waals surface area (Å²) in [5, 5.41) is 0.657. The van der Waals surface area contributed by atoms with E-state index in [-0.39, 0.29) is 34.3 Å². The maximum Gasteiger partial charge on any atom is 0.338 e. The van der Waals surface area contributed by atoms with Gasteiger partial charge >= 0.3 is 5.97 Å². The van der Waals surface area contributed by atoms with E-state index in [1.54, 1.807) is 61.5 Å². The minimum Gasteiger partial charge on any atom is -0.490 e. The van der Waals surface area contributed by atoms with E-state index < -0.39 is 17.9 Å². The van der Waals surface area contributed by atoms with Crippen LogP contribution in [0.2, 0.25) is 5.02 Å². The maximum absolute atomic E-state index is 14.0. The lowest BCUT2D eigenvalue weighted by Gasteiger charge is -2.26. The van der Waals surface area contributed by atoms with Gasteiger partial charge in [-0.2, -0.15) is 0 Å². The lowest BCUT2D eigenvalue weighted by Crippen LogP contribution is -2.29. The Bertz CT molecular complexity index is 1680. The van der Waals surface area contributed by atoms with Gasteiger partial charge in [-0.05, 0) is 80.4 Å². The molecule has 0 radical (unpaired) electrons.